The van der Waals surface area contributed by atoms with E-state index >= 15 is 0 Å². The number of methoxy groups -OCH3 is 1. The predicted molar refractivity (Wildman–Crippen MR) is 112 cm³/mol. The normalized spacial score (nSPS) is 10.1. The Morgan fingerprint density at radius 2 is 1.17 bits per heavy atom. The summed E-state index contributed by atoms with van der Waals surface area (Å²) in [6.07, 6.45) is 0. The standard InChI is InChI=1S/C24H15N5O/c1-30-20-10-8-16(9-11-20)17-12-23(21-6-2-4-18(14-25)27-21)29-24(13-17)22-7-3-5-19(15-26)28-22/h2-13H,1H3. The molecule has 6 nitrogen and oxygen atoms in total. The largest absolute Gasteiger partial charge is 0.497 e. The Morgan fingerprint density at radius 1 is 0.633 bits per heavy atom. The summed E-state index contributed by atoms with van der Waals surface area (Å²) >= 11 is 0. The monoisotopic (exact) mass is 389 g/mol. The van der Waals surface area contributed by atoms with Crippen LogP contribution in [0.1, 0.15) is 11.4 Å². The molecule has 0 aliphatic carbocycles. The van der Waals surface area contributed by atoms with Gasteiger partial charge >= 0.3 is 0 Å². The Morgan fingerprint density at radius 3 is 1.63 bits per heavy atom. The van der Waals surface area contributed by atoms with Crippen LogP contribution in [0, 0.1) is 22.7 Å². The van der Waals surface area contributed by atoms with Gasteiger partial charge in [-0.2, -0.15) is 10.5 Å². The summed E-state index contributed by atoms with van der Waals surface area (Å²) in [6.45, 7) is 0. The van der Waals surface area contributed by atoms with Crippen LogP contribution in [-0.4, -0.2) is 22.1 Å². The fourth-order valence-electron chi connectivity index (χ4n) is 3.02. The molecule has 3 heterocycles. The zero-order valence-electron chi connectivity index (χ0n) is 16.1. The van der Waals surface area contributed by atoms with E-state index in [1.54, 1.807) is 31.4 Å². The number of hydrogen-bond acceptors (Lipinski definition) is 6. The van der Waals surface area contributed by atoms with Crippen LogP contribution in [0.4, 0.5) is 0 Å². The van der Waals surface area contributed by atoms with Crippen molar-refractivity contribution in [3.63, 3.8) is 0 Å². The maximum Gasteiger partial charge on any atom is 0.141 e. The molecular weight excluding hydrogens is 374 g/mol. The van der Waals surface area contributed by atoms with Gasteiger partial charge in [-0.15, -0.1) is 0 Å². The van der Waals surface area contributed by atoms with Crippen LogP contribution in [0.3, 0.4) is 0 Å². The number of ether oxygens (including phenoxy) is 1. The quantitative estimate of drug-likeness (QED) is 0.505. The third-order valence-electron chi connectivity index (χ3n) is 4.50. The Labute approximate surface area is 173 Å². The van der Waals surface area contributed by atoms with E-state index in [4.69, 9.17) is 9.72 Å². The maximum atomic E-state index is 9.20. The van der Waals surface area contributed by atoms with E-state index in [-0.39, 0.29) is 0 Å². The van der Waals surface area contributed by atoms with E-state index in [9.17, 15) is 10.5 Å². The van der Waals surface area contributed by atoms with Crippen LogP contribution in [-0.2, 0) is 0 Å². The van der Waals surface area contributed by atoms with Gasteiger partial charge < -0.3 is 4.74 Å². The zero-order chi connectivity index (χ0) is 20.9. The van der Waals surface area contributed by atoms with Gasteiger partial charge in [0.1, 0.15) is 29.3 Å². The Kier molecular flexibility index (Phi) is 5.15. The molecule has 30 heavy (non-hydrogen) atoms. The summed E-state index contributed by atoms with van der Waals surface area (Å²) in [5, 5.41) is 18.4. The first-order valence-electron chi connectivity index (χ1n) is 9.12. The molecule has 4 rings (SSSR count). The average Bonchev–Trinajstić information content (AvgIpc) is 2.84. The molecule has 0 bridgehead atoms. The highest BCUT2D eigenvalue weighted by atomic mass is 16.5. The van der Waals surface area contributed by atoms with E-state index in [2.05, 4.69) is 22.1 Å². The first kappa shape index (κ1) is 18.8. The summed E-state index contributed by atoms with van der Waals surface area (Å²) in [5.74, 6) is 0.764. The molecule has 0 fully saturated rings. The van der Waals surface area contributed by atoms with Crippen molar-refractivity contribution in [2.24, 2.45) is 0 Å². The Hall–Kier alpha value is -4.55. The summed E-state index contributed by atoms with van der Waals surface area (Å²) in [7, 11) is 1.62. The van der Waals surface area contributed by atoms with Gasteiger partial charge in [0.2, 0.25) is 0 Å². The summed E-state index contributed by atoms with van der Waals surface area (Å²) < 4.78 is 5.25. The molecule has 0 aliphatic rings. The average molecular weight is 389 g/mol. The molecule has 0 saturated carbocycles. The third kappa shape index (κ3) is 3.84. The molecule has 0 amide bonds. The lowest BCUT2D eigenvalue weighted by Crippen LogP contribution is -1.96. The van der Waals surface area contributed by atoms with Crippen molar-refractivity contribution in [1.82, 2.24) is 15.0 Å². The lowest BCUT2D eigenvalue weighted by molar-refractivity contribution is 0.415. The lowest BCUT2D eigenvalue weighted by Gasteiger charge is -2.10. The fourth-order valence-corrected chi connectivity index (χ4v) is 3.02. The van der Waals surface area contributed by atoms with Gasteiger partial charge in [0, 0.05) is 0 Å². The molecular formula is C24H15N5O. The lowest BCUT2D eigenvalue weighted by atomic mass is 10.0. The van der Waals surface area contributed by atoms with Crippen molar-refractivity contribution >= 4 is 0 Å². The number of aromatic nitrogens is 3. The number of benzene rings is 1. The summed E-state index contributed by atoms with van der Waals surface area (Å²) in [6, 6.07) is 26.1. The molecule has 0 radical (unpaired) electrons. The van der Waals surface area contributed by atoms with E-state index in [1.807, 2.05) is 48.5 Å². The van der Waals surface area contributed by atoms with Crippen LogP contribution in [0.15, 0.2) is 72.8 Å². The summed E-state index contributed by atoms with van der Waals surface area (Å²) in [4.78, 5) is 13.5. The minimum Gasteiger partial charge on any atom is -0.497 e. The number of rotatable bonds is 4. The van der Waals surface area contributed by atoms with Gasteiger partial charge in [-0.3, -0.25) is 0 Å². The van der Waals surface area contributed by atoms with E-state index in [0.29, 0.717) is 34.2 Å². The predicted octanol–water partition coefficient (Wildman–Crippen LogP) is 4.62. The second-order valence-corrected chi connectivity index (χ2v) is 6.39. The first-order valence-corrected chi connectivity index (χ1v) is 9.12. The van der Waals surface area contributed by atoms with Crippen LogP contribution < -0.4 is 4.74 Å². The molecule has 0 saturated heterocycles. The second-order valence-electron chi connectivity index (χ2n) is 6.39. The number of hydrogen-bond donors (Lipinski definition) is 0. The minimum absolute atomic E-state index is 0.315. The molecule has 0 N–H and O–H groups in total. The first-order chi connectivity index (χ1) is 14.7. The van der Waals surface area contributed by atoms with E-state index in [1.165, 1.54) is 0 Å². The van der Waals surface area contributed by atoms with Gasteiger partial charge in [0.05, 0.1) is 29.9 Å². The second kappa shape index (κ2) is 8.22. The molecule has 6 heteroatoms. The molecule has 3 aromatic heterocycles. The molecule has 1 aromatic carbocycles. The SMILES string of the molecule is COc1ccc(-c2cc(-c3cccc(C#N)n3)nc(-c3cccc(C#N)n3)c2)cc1. The van der Waals surface area contributed by atoms with Crippen molar-refractivity contribution in [2.75, 3.05) is 7.11 Å². The number of pyridine rings is 3. The highest BCUT2D eigenvalue weighted by Crippen LogP contribution is 2.30. The van der Waals surface area contributed by atoms with Crippen molar-refractivity contribution in [2.45, 2.75) is 0 Å². The van der Waals surface area contributed by atoms with Crippen molar-refractivity contribution in [3.8, 4) is 51.8 Å². The van der Waals surface area contributed by atoms with Gasteiger partial charge in [0.25, 0.3) is 0 Å². The van der Waals surface area contributed by atoms with Crippen LogP contribution in [0.25, 0.3) is 33.9 Å². The van der Waals surface area contributed by atoms with Gasteiger partial charge in [-0.25, -0.2) is 15.0 Å². The third-order valence-corrected chi connectivity index (χ3v) is 4.50. The minimum atomic E-state index is 0.315. The topological polar surface area (TPSA) is 95.5 Å². The van der Waals surface area contributed by atoms with Crippen molar-refractivity contribution in [3.05, 3.63) is 84.2 Å². The number of nitrogens with zero attached hydrogens (tertiary/aromatic N) is 5. The summed E-state index contributed by atoms with van der Waals surface area (Å²) in [5.41, 5.74) is 4.90. The number of nitriles is 2. The zero-order valence-corrected chi connectivity index (χ0v) is 16.1. The Bertz CT molecular complexity index is 1220. The van der Waals surface area contributed by atoms with Gasteiger partial charge in [0.15, 0.2) is 0 Å². The van der Waals surface area contributed by atoms with Crippen LogP contribution in [0.5, 0.6) is 5.75 Å². The molecule has 0 aliphatic heterocycles. The van der Waals surface area contributed by atoms with E-state index in [0.717, 1.165) is 16.9 Å². The van der Waals surface area contributed by atoms with Crippen LogP contribution >= 0.6 is 0 Å². The fraction of sp³-hybridized carbons (Fsp3) is 0.0417. The molecule has 4 aromatic rings. The molecule has 142 valence electrons. The maximum absolute atomic E-state index is 9.20. The smallest absolute Gasteiger partial charge is 0.141 e. The van der Waals surface area contributed by atoms with Crippen molar-refractivity contribution < 1.29 is 4.74 Å². The molecule has 0 atom stereocenters. The Balaban J connectivity index is 1.91. The van der Waals surface area contributed by atoms with Gasteiger partial charge in [-0.1, -0.05) is 24.3 Å². The highest BCUT2D eigenvalue weighted by molar-refractivity contribution is 5.75. The van der Waals surface area contributed by atoms with E-state index < -0.39 is 0 Å². The molecule has 0 spiro atoms. The van der Waals surface area contributed by atoms with Gasteiger partial charge in [-0.05, 0) is 59.7 Å². The van der Waals surface area contributed by atoms with Crippen LogP contribution in [0.2, 0.25) is 0 Å². The molecule has 0 unspecified atom stereocenters. The highest BCUT2D eigenvalue weighted by Gasteiger charge is 2.12. The van der Waals surface area contributed by atoms with Crippen molar-refractivity contribution in [1.29, 1.82) is 10.5 Å².